The van der Waals surface area contributed by atoms with Crippen LogP contribution in [-0.4, -0.2) is 17.1 Å². The van der Waals surface area contributed by atoms with Gasteiger partial charge in [0.1, 0.15) is 5.75 Å². The van der Waals surface area contributed by atoms with Crippen LogP contribution in [-0.2, 0) is 0 Å². The molecule has 0 saturated heterocycles. The summed E-state index contributed by atoms with van der Waals surface area (Å²) in [6, 6.07) is 10.4. The number of benzene rings is 2. The van der Waals surface area contributed by atoms with Gasteiger partial charge in [0.2, 0.25) is 0 Å². The van der Waals surface area contributed by atoms with E-state index in [0.29, 0.717) is 0 Å². The molecular weight excluding hydrogens is 226 g/mol. The number of terminal acetylenes is 1. The van der Waals surface area contributed by atoms with Gasteiger partial charge in [0.25, 0.3) is 5.91 Å². The second-order valence-electron chi connectivity index (χ2n) is 4.08. The third-order valence-electron chi connectivity index (χ3n) is 2.71. The summed E-state index contributed by atoms with van der Waals surface area (Å²) in [6.45, 7) is 1.70. The summed E-state index contributed by atoms with van der Waals surface area (Å²) >= 11 is 0. The molecule has 2 aromatic rings. The van der Waals surface area contributed by atoms with E-state index in [4.69, 9.17) is 6.42 Å². The highest BCUT2D eigenvalue weighted by molar-refractivity contribution is 6.01. The van der Waals surface area contributed by atoms with E-state index in [-0.39, 0.29) is 23.3 Å². The van der Waals surface area contributed by atoms with Crippen molar-refractivity contribution in [1.29, 1.82) is 0 Å². The Morgan fingerprint density at radius 1 is 1.33 bits per heavy atom. The zero-order chi connectivity index (χ0) is 13.1. The predicted molar refractivity (Wildman–Crippen MR) is 71.4 cm³/mol. The van der Waals surface area contributed by atoms with Gasteiger partial charge in [-0.25, -0.2) is 0 Å². The molecule has 0 aliphatic carbocycles. The number of rotatable bonds is 2. The van der Waals surface area contributed by atoms with Crippen LogP contribution in [0.4, 0.5) is 0 Å². The zero-order valence-corrected chi connectivity index (χ0v) is 9.97. The second kappa shape index (κ2) is 4.80. The molecule has 90 valence electrons. The molecule has 0 aliphatic rings. The molecule has 1 unspecified atom stereocenters. The number of fused-ring (bicyclic) bond motifs is 1. The van der Waals surface area contributed by atoms with Crippen molar-refractivity contribution in [3.05, 3.63) is 42.0 Å². The Labute approximate surface area is 105 Å². The number of carbonyl (C=O) groups is 1. The maximum atomic E-state index is 11.9. The Morgan fingerprint density at radius 3 is 2.56 bits per heavy atom. The van der Waals surface area contributed by atoms with Crippen LogP contribution in [0.3, 0.4) is 0 Å². The molecule has 2 N–H and O–H groups in total. The van der Waals surface area contributed by atoms with E-state index in [0.717, 1.165) is 10.8 Å². The summed E-state index contributed by atoms with van der Waals surface area (Å²) in [5.41, 5.74) is 0.232. The molecule has 0 saturated carbocycles. The van der Waals surface area contributed by atoms with Crippen LogP contribution < -0.4 is 5.32 Å². The number of amides is 1. The van der Waals surface area contributed by atoms with Gasteiger partial charge in [-0.1, -0.05) is 30.2 Å². The third-order valence-corrected chi connectivity index (χ3v) is 2.71. The minimum absolute atomic E-state index is 0.0459. The number of phenols is 1. The molecule has 0 bridgehead atoms. The van der Waals surface area contributed by atoms with Gasteiger partial charge >= 0.3 is 0 Å². The molecule has 2 rings (SSSR count). The average molecular weight is 239 g/mol. The van der Waals surface area contributed by atoms with Crippen molar-refractivity contribution in [2.75, 3.05) is 0 Å². The second-order valence-corrected chi connectivity index (χ2v) is 4.08. The van der Waals surface area contributed by atoms with Crippen LogP contribution in [0.25, 0.3) is 10.8 Å². The van der Waals surface area contributed by atoms with Crippen molar-refractivity contribution in [2.24, 2.45) is 0 Å². The van der Waals surface area contributed by atoms with Crippen molar-refractivity contribution < 1.29 is 9.90 Å². The average Bonchev–Trinajstić information content (AvgIpc) is 2.37. The Balaban J connectivity index is 2.42. The highest BCUT2D eigenvalue weighted by atomic mass is 16.3. The summed E-state index contributed by atoms with van der Waals surface area (Å²) < 4.78 is 0. The molecule has 0 fully saturated rings. The van der Waals surface area contributed by atoms with Gasteiger partial charge in [-0.05, 0) is 29.8 Å². The van der Waals surface area contributed by atoms with Gasteiger partial charge in [0, 0.05) is 0 Å². The Morgan fingerprint density at radius 2 is 1.94 bits per heavy atom. The fourth-order valence-electron chi connectivity index (χ4n) is 1.73. The topological polar surface area (TPSA) is 49.3 Å². The summed E-state index contributed by atoms with van der Waals surface area (Å²) in [4.78, 5) is 11.9. The molecule has 0 heterocycles. The molecular formula is C15H13NO2. The maximum absolute atomic E-state index is 11.9. The number of aromatic hydroxyl groups is 1. The number of hydrogen-bond donors (Lipinski definition) is 2. The number of carbonyl (C=O) groups excluding carboxylic acids is 1. The molecule has 0 aromatic heterocycles. The first-order valence-corrected chi connectivity index (χ1v) is 5.60. The first-order chi connectivity index (χ1) is 8.61. The van der Waals surface area contributed by atoms with E-state index in [9.17, 15) is 9.90 Å². The van der Waals surface area contributed by atoms with E-state index in [2.05, 4.69) is 11.2 Å². The van der Waals surface area contributed by atoms with E-state index in [1.807, 2.05) is 24.3 Å². The van der Waals surface area contributed by atoms with Gasteiger partial charge < -0.3 is 10.4 Å². The van der Waals surface area contributed by atoms with E-state index in [1.165, 1.54) is 0 Å². The Hall–Kier alpha value is -2.47. The standard InChI is InChI=1S/C15H13NO2/c1-3-10(2)16-15(18)13-8-11-6-4-5-7-12(11)9-14(13)17/h1,4-10,17H,2H3,(H,16,18). The van der Waals surface area contributed by atoms with Crippen LogP contribution >= 0.6 is 0 Å². The van der Waals surface area contributed by atoms with Crippen LogP contribution in [0.15, 0.2) is 36.4 Å². The van der Waals surface area contributed by atoms with Crippen LogP contribution in [0.5, 0.6) is 5.75 Å². The molecule has 3 heteroatoms. The van der Waals surface area contributed by atoms with Crippen molar-refractivity contribution in [3.63, 3.8) is 0 Å². The molecule has 1 amide bonds. The first kappa shape index (κ1) is 12.0. The summed E-state index contributed by atoms with van der Waals surface area (Å²) in [6.07, 6.45) is 5.20. The lowest BCUT2D eigenvalue weighted by atomic mass is 10.1. The van der Waals surface area contributed by atoms with Crippen molar-refractivity contribution in [1.82, 2.24) is 5.32 Å². The van der Waals surface area contributed by atoms with Gasteiger partial charge in [-0.2, -0.15) is 0 Å². The smallest absolute Gasteiger partial charge is 0.256 e. The van der Waals surface area contributed by atoms with Gasteiger partial charge in [0.15, 0.2) is 0 Å². The predicted octanol–water partition coefficient (Wildman–Crippen LogP) is 2.30. The van der Waals surface area contributed by atoms with Crippen LogP contribution in [0.2, 0.25) is 0 Å². The van der Waals surface area contributed by atoms with Crippen molar-refractivity contribution in [3.8, 4) is 18.1 Å². The van der Waals surface area contributed by atoms with E-state index < -0.39 is 0 Å². The van der Waals surface area contributed by atoms with E-state index >= 15 is 0 Å². The molecule has 0 spiro atoms. The maximum Gasteiger partial charge on any atom is 0.256 e. The van der Waals surface area contributed by atoms with Gasteiger partial charge in [-0.3, -0.25) is 4.79 Å². The number of hydrogen-bond acceptors (Lipinski definition) is 2. The minimum Gasteiger partial charge on any atom is -0.507 e. The SMILES string of the molecule is C#CC(C)NC(=O)c1cc2ccccc2cc1O. The fraction of sp³-hybridized carbons (Fsp3) is 0.133. The lowest BCUT2D eigenvalue weighted by molar-refractivity contribution is 0.0945. The van der Waals surface area contributed by atoms with Crippen molar-refractivity contribution >= 4 is 16.7 Å². The molecule has 0 aliphatic heterocycles. The quantitative estimate of drug-likeness (QED) is 0.790. The molecule has 0 radical (unpaired) electrons. The normalized spacial score (nSPS) is 11.8. The van der Waals surface area contributed by atoms with Gasteiger partial charge in [0.05, 0.1) is 11.6 Å². The third kappa shape index (κ3) is 2.28. The summed E-state index contributed by atoms with van der Waals surface area (Å²) in [7, 11) is 0. The monoisotopic (exact) mass is 239 g/mol. The fourth-order valence-corrected chi connectivity index (χ4v) is 1.73. The molecule has 1 atom stereocenters. The van der Waals surface area contributed by atoms with Gasteiger partial charge in [-0.15, -0.1) is 6.42 Å². The summed E-state index contributed by atoms with van der Waals surface area (Å²) in [5.74, 6) is 1.99. The largest absolute Gasteiger partial charge is 0.507 e. The lowest BCUT2D eigenvalue weighted by Crippen LogP contribution is -2.31. The zero-order valence-electron chi connectivity index (χ0n) is 9.97. The molecule has 3 nitrogen and oxygen atoms in total. The number of nitrogens with one attached hydrogen (secondary N) is 1. The molecule has 2 aromatic carbocycles. The highest BCUT2D eigenvalue weighted by Gasteiger charge is 2.13. The van der Waals surface area contributed by atoms with Crippen molar-refractivity contribution in [2.45, 2.75) is 13.0 Å². The first-order valence-electron chi connectivity index (χ1n) is 5.60. The number of phenolic OH excluding ortho intramolecular Hbond substituents is 1. The highest BCUT2D eigenvalue weighted by Crippen LogP contribution is 2.24. The van der Waals surface area contributed by atoms with E-state index in [1.54, 1.807) is 19.1 Å². The molecule has 18 heavy (non-hydrogen) atoms. The Bertz CT molecular complexity index is 640. The Kier molecular flexibility index (Phi) is 3.20. The van der Waals surface area contributed by atoms with Crippen LogP contribution in [0.1, 0.15) is 17.3 Å². The lowest BCUT2D eigenvalue weighted by Gasteiger charge is -2.10. The minimum atomic E-state index is -0.372. The summed E-state index contributed by atoms with van der Waals surface area (Å²) in [5, 5.41) is 14.3. The van der Waals surface area contributed by atoms with Crippen LogP contribution in [0, 0.1) is 12.3 Å².